The zero-order valence-corrected chi connectivity index (χ0v) is 14.0. The van der Waals surface area contributed by atoms with Crippen molar-refractivity contribution in [2.75, 3.05) is 17.8 Å². The minimum Gasteiger partial charge on any atom is -0.481 e. The van der Waals surface area contributed by atoms with E-state index >= 15 is 0 Å². The average molecular weight is 324 g/mol. The summed E-state index contributed by atoms with van der Waals surface area (Å²) in [6.07, 6.45) is 4.36. The molecule has 6 heteroatoms. The van der Waals surface area contributed by atoms with Crippen LogP contribution in [0.2, 0.25) is 0 Å². The third kappa shape index (κ3) is 4.41. The number of carboxylic acid groups (broad SMARTS) is 1. The Morgan fingerprint density at radius 2 is 2.19 bits per heavy atom. The molecule has 0 aliphatic heterocycles. The van der Waals surface area contributed by atoms with Gasteiger partial charge in [-0.25, -0.2) is 4.98 Å². The molecule has 0 bridgehead atoms. The van der Waals surface area contributed by atoms with E-state index in [2.05, 4.69) is 28.8 Å². The molecular weight excluding hydrogens is 304 g/mol. The van der Waals surface area contributed by atoms with Crippen LogP contribution in [-0.2, 0) is 11.3 Å². The third-order valence-corrected chi connectivity index (χ3v) is 4.83. The predicted octanol–water partition coefficient (Wildman–Crippen LogP) is 3.66. The third-order valence-electron chi connectivity index (χ3n) is 3.17. The Kier molecular flexibility index (Phi) is 5.99. The number of unbranched alkanes of at least 4 members (excludes halogenated alkanes) is 1. The van der Waals surface area contributed by atoms with E-state index in [0.29, 0.717) is 0 Å². The van der Waals surface area contributed by atoms with Crippen molar-refractivity contribution in [1.82, 2.24) is 9.55 Å². The molecule has 114 valence electrons. The highest BCUT2D eigenvalue weighted by Crippen LogP contribution is 2.25. The van der Waals surface area contributed by atoms with Crippen LogP contribution in [0.15, 0.2) is 23.4 Å². The fraction of sp³-hybridized carbons (Fsp3) is 0.467. The van der Waals surface area contributed by atoms with Crippen molar-refractivity contribution in [2.24, 2.45) is 0 Å². The number of imidazole rings is 1. The van der Waals surface area contributed by atoms with Crippen LogP contribution in [0.5, 0.6) is 0 Å². The zero-order valence-electron chi connectivity index (χ0n) is 12.3. The minimum absolute atomic E-state index is 0.0487. The molecule has 0 saturated carbocycles. The van der Waals surface area contributed by atoms with E-state index < -0.39 is 5.97 Å². The molecule has 2 rings (SSSR count). The molecule has 4 nitrogen and oxygen atoms in total. The Labute approximate surface area is 133 Å². The fourth-order valence-electron chi connectivity index (χ4n) is 2.18. The van der Waals surface area contributed by atoms with Crippen molar-refractivity contribution in [3.63, 3.8) is 0 Å². The van der Waals surface area contributed by atoms with Gasteiger partial charge in [0, 0.05) is 6.54 Å². The monoisotopic (exact) mass is 324 g/mol. The minimum atomic E-state index is -0.808. The van der Waals surface area contributed by atoms with Crippen molar-refractivity contribution in [3.8, 4) is 0 Å². The molecular formula is C15H20N2O2S2. The number of carboxylic acids is 1. The lowest BCUT2D eigenvalue weighted by atomic mass is 10.2. The molecule has 0 saturated heterocycles. The Balaban J connectivity index is 2.24. The summed E-state index contributed by atoms with van der Waals surface area (Å²) in [6, 6.07) is 6.18. The van der Waals surface area contributed by atoms with Crippen molar-refractivity contribution in [2.45, 2.75) is 31.5 Å². The number of carbonyl (C=O) groups is 1. The van der Waals surface area contributed by atoms with Crippen LogP contribution in [0, 0.1) is 6.92 Å². The largest absolute Gasteiger partial charge is 0.481 e. The average Bonchev–Trinajstić information content (AvgIpc) is 2.78. The van der Waals surface area contributed by atoms with E-state index in [9.17, 15) is 4.79 Å². The number of hydrogen-bond acceptors (Lipinski definition) is 4. The first-order valence-electron chi connectivity index (χ1n) is 6.92. The molecule has 0 fully saturated rings. The molecule has 0 atom stereocenters. The highest BCUT2D eigenvalue weighted by Gasteiger charge is 2.12. The Bertz CT molecular complexity index is 625. The molecule has 1 heterocycles. The quantitative estimate of drug-likeness (QED) is 0.593. The number of aryl methyl sites for hydroxylation is 2. The molecule has 0 aliphatic carbocycles. The first kappa shape index (κ1) is 16.2. The molecule has 0 radical (unpaired) electrons. The molecule has 0 spiro atoms. The maximum absolute atomic E-state index is 10.8. The number of fused-ring (bicyclic) bond motifs is 1. The van der Waals surface area contributed by atoms with Crippen LogP contribution in [0.25, 0.3) is 11.0 Å². The van der Waals surface area contributed by atoms with Crippen molar-refractivity contribution in [3.05, 3.63) is 23.8 Å². The van der Waals surface area contributed by atoms with E-state index in [1.165, 1.54) is 17.3 Å². The van der Waals surface area contributed by atoms with Gasteiger partial charge in [0.25, 0.3) is 0 Å². The van der Waals surface area contributed by atoms with Crippen molar-refractivity contribution < 1.29 is 9.90 Å². The highest BCUT2D eigenvalue weighted by atomic mass is 32.2. The maximum atomic E-state index is 10.8. The number of thioether (sulfide) groups is 2. The summed E-state index contributed by atoms with van der Waals surface area (Å²) >= 11 is 3.15. The normalized spacial score (nSPS) is 11.1. The maximum Gasteiger partial charge on any atom is 0.313 e. The number of aromatic nitrogens is 2. The second-order valence-electron chi connectivity index (χ2n) is 4.92. The summed E-state index contributed by atoms with van der Waals surface area (Å²) in [6.45, 7) is 2.96. The number of rotatable bonds is 8. The summed E-state index contributed by atoms with van der Waals surface area (Å²) in [5.74, 6) is 0.397. The van der Waals surface area contributed by atoms with E-state index in [4.69, 9.17) is 5.11 Å². The molecule has 2 aromatic rings. The van der Waals surface area contributed by atoms with Gasteiger partial charge < -0.3 is 9.67 Å². The second kappa shape index (κ2) is 7.75. The SMILES string of the molecule is CSCCCCn1c(SCC(=O)O)nc2ccc(C)cc21. The van der Waals surface area contributed by atoms with Crippen LogP contribution in [-0.4, -0.2) is 38.4 Å². The molecule has 0 aliphatic rings. The molecule has 0 unspecified atom stereocenters. The van der Waals surface area contributed by atoms with Crippen LogP contribution >= 0.6 is 23.5 Å². The molecule has 1 aromatic heterocycles. The van der Waals surface area contributed by atoms with E-state index in [1.807, 2.05) is 23.9 Å². The van der Waals surface area contributed by atoms with Crippen molar-refractivity contribution in [1.29, 1.82) is 0 Å². The van der Waals surface area contributed by atoms with Crippen molar-refractivity contribution >= 4 is 40.5 Å². The highest BCUT2D eigenvalue weighted by molar-refractivity contribution is 7.99. The van der Waals surface area contributed by atoms with Crippen LogP contribution in [0.4, 0.5) is 0 Å². The molecule has 1 N–H and O–H groups in total. The van der Waals surface area contributed by atoms with E-state index in [1.54, 1.807) is 0 Å². The Hall–Kier alpha value is -1.14. The number of nitrogens with zero attached hydrogens (tertiary/aromatic N) is 2. The van der Waals surface area contributed by atoms with Gasteiger partial charge in [-0.2, -0.15) is 11.8 Å². The van der Waals surface area contributed by atoms with E-state index in [-0.39, 0.29) is 5.75 Å². The second-order valence-corrected chi connectivity index (χ2v) is 6.85. The van der Waals surface area contributed by atoms with Gasteiger partial charge in [0.05, 0.1) is 16.8 Å². The van der Waals surface area contributed by atoms with Crippen LogP contribution in [0.1, 0.15) is 18.4 Å². The summed E-state index contributed by atoms with van der Waals surface area (Å²) in [5.41, 5.74) is 3.24. The molecule has 21 heavy (non-hydrogen) atoms. The Morgan fingerprint density at radius 3 is 2.90 bits per heavy atom. The van der Waals surface area contributed by atoms with E-state index in [0.717, 1.165) is 41.3 Å². The first-order chi connectivity index (χ1) is 10.1. The van der Waals surface area contributed by atoms with Gasteiger partial charge in [-0.3, -0.25) is 4.79 Å². The lowest BCUT2D eigenvalue weighted by molar-refractivity contribution is -0.133. The van der Waals surface area contributed by atoms with Gasteiger partial charge in [0.15, 0.2) is 5.16 Å². The van der Waals surface area contributed by atoms with Gasteiger partial charge in [-0.15, -0.1) is 0 Å². The predicted molar refractivity (Wildman–Crippen MR) is 90.4 cm³/mol. The van der Waals surface area contributed by atoms with Crippen LogP contribution < -0.4 is 0 Å². The summed E-state index contributed by atoms with van der Waals surface area (Å²) in [5, 5.41) is 9.68. The Morgan fingerprint density at radius 1 is 1.38 bits per heavy atom. The van der Waals surface area contributed by atoms with Gasteiger partial charge in [0.2, 0.25) is 0 Å². The smallest absolute Gasteiger partial charge is 0.313 e. The summed E-state index contributed by atoms with van der Waals surface area (Å²) in [4.78, 5) is 15.4. The number of aliphatic carboxylic acids is 1. The lowest BCUT2D eigenvalue weighted by Crippen LogP contribution is -2.04. The van der Waals surface area contributed by atoms with Gasteiger partial charge in [0.1, 0.15) is 0 Å². The number of benzene rings is 1. The summed E-state index contributed by atoms with van der Waals surface area (Å²) in [7, 11) is 0. The number of hydrogen-bond donors (Lipinski definition) is 1. The fourth-order valence-corrected chi connectivity index (χ4v) is 3.43. The standard InChI is InChI=1S/C15H20N2O2S2/c1-11-5-6-12-13(9-11)17(7-3-4-8-20-2)15(16-12)21-10-14(18)19/h5-6,9H,3-4,7-8,10H2,1-2H3,(H,18,19). The van der Waals surface area contributed by atoms with Gasteiger partial charge in [-0.1, -0.05) is 17.8 Å². The lowest BCUT2D eigenvalue weighted by Gasteiger charge is -2.08. The van der Waals surface area contributed by atoms with Gasteiger partial charge in [-0.05, 0) is 49.5 Å². The first-order valence-corrected chi connectivity index (χ1v) is 9.30. The zero-order chi connectivity index (χ0) is 15.2. The van der Waals surface area contributed by atoms with Crippen LogP contribution in [0.3, 0.4) is 0 Å². The summed E-state index contributed by atoms with van der Waals surface area (Å²) < 4.78 is 2.16. The topological polar surface area (TPSA) is 55.1 Å². The molecule has 1 aromatic carbocycles. The van der Waals surface area contributed by atoms with Gasteiger partial charge >= 0.3 is 5.97 Å². The molecule has 0 amide bonds.